The van der Waals surface area contributed by atoms with Gasteiger partial charge in [-0.15, -0.1) is 11.3 Å². The molecule has 0 amide bonds. The van der Waals surface area contributed by atoms with Gasteiger partial charge in [-0.05, 0) is 12.1 Å². The van der Waals surface area contributed by atoms with Gasteiger partial charge in [0, 0.05) is 22.0 Å². The van der Waals surface area contributed by atoms with Crippen LogP contribution in [0, 0.1) is 5.82 Å². The fraction of sp³-hybridized carbons (Fsp3) is 0.100. The maximum absolute atomic E-state index is 13.3. The van der Waals surface area contributed by atoms with Crippen molar-refractivity contribution in [2.75, 3.05) is 0 Å². The summed E-state index contributed by atoms with van der Waals surface area (Å²) in [5.74, 6) is -0.519. The average Bonchev–Trinajstić information content (AvgIpc) is 2.65. The third-order valence-corrected chi connectivity index (χ3v) is 3.29. The monoisotopic (exact) mass is 243 g/mol. The molecule has 0 saturated heterocycles. The average molecular weight is 244 g/mol. The van der Waals surface area contributed by atoms with Gasteiger partial charge in [0.1, 0.15) is 11.9 Å². The van der Waals surface area contributed by atoms with Gasteiger partial charge in [0.05, 0.1) is 11.2 Å². The predicted molar refractivity (Wildman–Crippen MR) is 57.6 cm³/mol. The molecule has 0 aliphatic heterocycles. The minimum absolute atomic E-state index is 0.212. The maximum Gasteiger partial charge on any atom is 0.147 e. The number of thiophene rings is 1. The number of pyridine rings is 1. The van der Waals surface area contributed by atoms with Crippen molar-refractivity contribution in [1.82, 2.24) is 4.98 Å². The lowest BCUT2D eigenvalue weighted by molar-refractivity contribution is 0.218. The van der Waals surface area contributed by atoms with E-state index in [2.05, 4.69) is 4.98 Å². The lowest BCUT2D eigenvalue weighted by Crippen LogP contribution is -2.00. The van der Waals surface area contributed by atoms with Crippen LogP contribution in [0.4, 0.5) is 4.39 Å². The second kappa shape index (κ2) is 4.26. The quantitative estimate of drug-likeness (QED) is 0.880. The second-order valence-electron chi connectivity index (χ2n) is 2.97. The smallest absolute Gasteiger partial charge is 0.147 e. The van der Waals surface area contributed by atoms with Crippen LogP contribution in [0.1, 0.15) is 16.5 Å². The number of hydrogen-bond acceptors (Lipinski definition) is 3. The van der Waals surface area contributed by atoms with Crippen molar-refractivity contribution in [1.29, 1.82) is 0 Å². The molecule has 0 saturated carbocycles. The highest BCUT2D eigenvalue weighted by Crippen LogP contribution is 2.30. The molecule has 5 heteroatoms. The van der Waals surface area contributed by atoms with Gasteiger partial charge in [0.25, 0.3) is 0 Å². The molecular weight excluding hydrogens is 237 g/mol. The molecule has 78 valence electrons. The van der Waals surface area contributed by atoms with Crippen molar-refractivity contribution in [3.05, 3.63) is 51.2 Å². The van der Waals surface area contributed by atoms with Crippen LogP contribution in [0.3, 0.4) is 0 Å². The fourth-order valence-electron chi connectivity index (χ4n) is 1.23. The summed E-state index contributed by atoms with van der Waals surface area (Å²) < 4.78 is 13.3. The van der Waals surface area contributed by atoms with E-state index in [1.165, 1.54) is 23.6 Å². The maximum atomic E-state index is 13.3. The van der Waals surface area contributed by atoms with Crippen molar-refractivity contribution < 1.29 is 9.50 Å². The predicted octanol–water partition coefficient (Wildman–Crippen LogP) is 3.02. The van der Waals surface area contributed by atoms with E-state index in [0.29, 0.717) is 9.90 Å². The minimum Gasteiger partial charge on any atom is -0.383 e. The number of halogens is 2. The summed E-state index contributed by atoms with van der Waals surface area (Å²) in [5.41, 5.74) is 0.212. The topological polar surface area (TPSA) is 33.1 Å². The van der Waals surface area contributed by atoms with Crippen LogP contribution in [0.25, 0.3) is 0 Å². The van der Waals surface area contributed by atoms with E-state index in [1.54, 1.807) is 11.4 Å². The molecule has 1 atom stereocenters. The number of aromatic nitrogens is 1. The third-order valence-electron chi connectivity index (χ3n) is 1.96. The molecule has 15 heavy (non-hydrogen) atoms. The van der Waals surface area contributed by atoms with Crippen LogP contribution < -0.4 is 0 Å². The van der Waals surface area contributed by atoms with E-state index in [-0.39, 0.29) is 5.56 Å². The van der Waals surface area contributed by atoms with E-state index in [4.69, 9.17) is 11.6 Å². The van der Waals surface area contributed by atoms with Crippen molar-refractivity contribution in [2.45, 2.75) is 6.10 Å². The molecule has 0 aromatic carbocycles. The van der Waals surface area contributed by atoms with Crippen molar-refractivity contribution in [2.24, 2.45) is 0 Å². The molecule has 2 aromatic rings. The van der Waals surface area contributed by atoms with Crippen molar-refractivity contribution in [3.63, 3.8) is 0 Å². The molecule has 1 unspecified atom stereocenters. The van der Waals surface area contributed by atoms with Gasteiger partial charge >= 0.3 is 0 Å². The van der Waals surface area contributed by atoms with Crippen LogP contribution in [-0.2, 0) is 0 Å². The number of nitrogens with zero attached hydrogens (tertiary/aromatic N) is 1. The summed E-state index contributed by atoms with van der Waals surface area (Å²) in [6.07, 6.45) is 1.54. The summed E-state index contributed by atoms with van der Waals surface area (Å²) in [4.78, 5) is 4.23. The fourth-order valence-corrected chi connectivity index (χ4v) is 2.32. The summed E-state index contributed by atoms with van der Waals surface area (Å²) in [5, 5.41) is 12.1. The van der Waals surface area contributed by atoms with Gasteiger partial charge in [0.15, 0.2) is 0 Å². The van der Waals surface area contributed by atoms with E-state index in [1.807, 2.05) is 0 Å². The van der Waals surface area contributed by atoms with Crippen LogP contribution in [0.5, 0.6) is 0 Å². The highest BCUT2D eigenvalue weighted by molar-refractivity contribution is 7.10. The zero-order chi connectivity index (χ0) is 10.8. The van der Waals surface area contributed by atoms with E-state index < -0.39 is 11.9 Å². The molecule has 2 rings (SSSR count). The van der Waals surface area contributed by atoms with Crippen LogP contribution in [0.15, 0.2) is 29.9 Å². The van der Waals surface area contributed by atoms with Gasteiger partial charge in [-0.3, -0.25) is 4.98 Å². The number of hydrogen-bond donors (Lipinski definition) is 1. The molecule has 0 radical (unpaired) electrons. The summed E-state index contributed by atoms with van der Waals surface area (Å²) in [7, 11) is 0. The zero-order valence-corrected chi connectivity index (χ0v) is 9.10. The summed E-state index contributed by atoms with van der Waals surface area (Å²) in [6.45, 7) is 0. The highest BCUT2D eigenvalue weighted by Gasteiger charge is 2.16. The Morgan fingerprint density at radius 2 is 2.33 bits per heavy atom. The molecule has 1 N–H and O–H groups in total. The highest BCUT2D eigenvalue weighted by atomic mass is 35.5. The van der Waals surface area contributed by atoms with Crippen LogP contribution in [-0.4, -0.2) is 10.1 Å². The lowest BCUT2D eigenvalue weighted by atomic mass is 10.1. The molecule has 2 nitrogen and oxygen atoms in total. The standard InChI is InChI=1S/C10H7ClFNOS/c11-6-3-9(15-5-6)10(14)7-1-2-13-4-8(7)12/h1-5,10,14H. The van der Waals surface area contributed by atoms with E-state index in [9.17, 15) is 9.50 Å². The SMILES string of the molecule is OC(c1cc(Cl)cs1)c1ccncc1F. The minimum atomic E-state index is -0.981. The molecule has 2 heterocycles. The lowest BCUT2D eigenvalue weighted by Gasteiger charge is -2.08. The van der Waals surface area contributed by atoms with Crippen molar-refractivity contribution >= 4 is 22.9 Å². The van der Waals surface area contributed by atoms with Crippen LogP contribution >= 0.6 is 22.9 Å². The Labute approximate surface area is 95.0 Å². The molecule has 0 fully saturated rings. The normalized spacial score (nSPS) is 12.7. The van der Waals surface area contributed by atoms with Gasteiger partial charge in [-0.2, -0.15) is 0 Å². The molecule has 0 spiro atoms. The largest absolute Gasteiger partial charge is 0.383 e. The Kier molecular flexibility index (Phi) is 3.00. The van der Waals surface area contributed by atoms with Gasteiger partial charge < -0.3 is 5.11 Å². The van der Waals surface area contributed by atoms with E-state index in [0.717, 1.165) is 6.20 Å². The molecule has 0 aliphatic rings. The van der Waals surface area contributed by atoms with Crippen molar-refractivity contribution in [3.8, 4) is 0 Å². The second-order valence-corrected chi connectivity index (χ2v) is 4.35. The number of rotatable bonds is 2. The Bertz CT molecular complexity index is 474. The summed E-state index contributed by atoms with van der Waals surface area (Å²) in [6, 6.07) is 3.07. The molecular formula is C10H7ClFNOS. The zero-order valence-electron chi connectivity index (χ0n) is 7.52. The Balaban J connectivity index is 2.36. The van der Waals surface area contributed by atoms with Gasteiger partial charge in [-0.1, -0.05) is 11.6 Å². The van der Waals surface area contributed by atoms with Crippen LogP contribution in [0.2, 0.25) is 5.02 Å². The number of aliphatic hydroxyl groups excluding tert-OH is 1. The van der Waals surface area contributed by atoms with Gasteiger partial charge in [-0.25, -0.2) is 4.39 Å². The first-order valence-corrected chi connectivity index (χ1v) is 5.45. The summed E-state index contributed by atoms with van der Waals surface area (Å²) >= 11 is 7.02. The third kappa shape index (κ3) is 2.17. The Hall–Kier alpha value is -0.970. The van der Waals surface area contributed by atoms with E-state index >= 15 is 0 Å². The number of aliphatic hydroxyl groups is 1. The first kappa shape index (κ1) is 10.5. The Morgan fingerprint density at radius 3 is 2.93 bits per heavy atom. The molecule has 0 bridgehead atoms. The van der Waals surface area contributed by atoms with Gasteiger partial charge in [0.2, 0.25) is 0 Å². The first-order chi connectivity index (χ1) is 7.18. The molecule has 0 aliphatic carbocycles. The first-order valence-electron chi connectivity index (χ1n) is 4.20. The molecule has 2 aromatic heterocycles. The Morgan fingerprint density at radius 1 is 1.53 bits per heavy atom.